The molecular weight excluding hydrogens is 284 g/mol. The van der Waals surface area contributed by atoms with E-state index in [4.69, 9.17) is 9.47 Å². The van der Waals surface area contributed by atoms with E-state index < -0.39 is 0 Å². The highest BCUT2D eigenvalue weighted by molar-refractivity contribution is 7.98. The van der Waals surface area contributed by atoms with Gasteiger partial charge in [-0.05, 0) is 43.8 Å². The number of nitrogens with one attached hydrogen (secondary N) is 1. The van der Waals surface area contributed by atoms with Crippen LogP contribution < -0.4 is 14.8 Å². The first-order chi connectivity index (χ1) is 10.2. The maximum absolute atomic E-state index is 5.39. The summed E-state index contributed by atoms with van der Waals surface area (Å²) in [6.45, 7) is 2.97. The summed E-state index contributed by atoms with van der Waals surface area (Å²) in [4.78, 5) is 3.67. The molecule has 0 unspecified atom stereocenters. The minimum atomic E-state index is 0.791. The van der Waals surface area contributed by atoms with Crippen molar-refractivity contribution in [3.63, 3.8) is 0 Å². The summed E-state index contributed by atoms with van der Waals surface area (Å²) < 4.78 is 10.7. The Labute approximate surface area is 132 Å². The lowest BCUT2D eigenvalue weighted by atomic mass is 10.2. The van der Waals surface area contributed by atoms with Gasteiger partial charge >= 0.3 is 0 Å². The molecule has 0 atom stereocenters. The van der Waals surface area contributed by atoms with E-state index in [0.717, 1.165) is 37.2 Å². The monoisotopic (exact) mass is 310 g/mol. The number of rotatable bonds is 9. The fourth-order valence-electron chi connectivity index (χ4n) is 2.41. The van der Waals surface area contributed by atoms with Crippen LogP contribution in [-0.4, -0.2) is 51.6 Å². The largest absolute Gasteiger partial charge is 0.493 e. The third-order valence-electron chi connectivity index (χ3n) is 3.91. The standard InChI is InChI=1S/C16H26N2O2S/c1-18(13-5-6-13)8-7-17-11-12-9-14(19-2)15(20-3)10-16(12)21-4/h9-10,13,17H,5-8,11H2,1-4H3. The molecule has 1 saturated carbocycles. The smallest absolute Gasteiger partial charge is 0.161 e. The molecule has 0 bridgehead atoms. The zero-order valence-electron chi connectivity index (χ0n) is 13.4. The second kappa shape index (κ2) is 7.92. The molecule has 1 aromatic rings. The number of methoxy groups -OCH3 is 2. The molecule has 0 aliphatic heterocycles. The number of thioether (sulfide) groups is 1. The number of hydrogen-bond donors (Lipinski definition) is 1. The van der Waals surface area contributed by atoms with Crippen LogP contribution in [0, 0.1) is 0 Å². The van der Waals surface area contributed by atoms with Crippen molar-refractivity contribution in [1.29, 1.82) is 0 Å². The molecule has 2 rings (SSSR count). The van der Waals surface area contributed by atoms with Gasteiger partial charge in [0.05, 0.1) is 14.2 Å². The highest BCUT2D eigenvalue weighted by atomic mass is 32.2. The van der Waals surface area contributed by atoms with Crippen LogP contribution in [-0.2, 0) is 6.54 Å². The van der Waals surface area contributed by atoms with Crippen molar-refractivity contribution in [3.8, 4) is 11.5 Å². The first-order valence-corrected chi connectivity index (χ1v) is 8.62. The number of ether oxygens (including phenoxy) is 2. The summed E-state index contributed by atoms with van der Waals surface area (Å²) >= 11 is 1.74. The van der Waals surface area contributed by atoms with E-state index in [2.05, 4.69) is 35.7 Å². The minimum absolute atomic E-state index is 0.791. The van der Waals surface area contributed by atoms with E-state index in [-0.39, 0.29) is 0 Å². The molecule has 0 aromatic heterocycles. The molecule has 1 fully saturated rings. The van der Waals surface area contributed by atoms with Crippen molar-refractivity contribution in [2.75, 3.05) is 40.6 Å². The molecule has 5 heteroatoms. The molecule has 0 saturated heterocycles. The second-order valence-corrected chi connectivity index (χ2v) is 6.26. The van der Waals surface area contributed by atoms with Crippen LogP contribution in [0.15, 0.2) is 17.0 Å². The summed E-state index contributed by atoms with van der Waals surface area (Å²) in [6, 6.07) is 4.95. The molecule has 0 spiro atoms. The van der Waals surface area contributed by atoms with Crippen LogP contribution in [0.4, 0.5) is 0 Å². The van der Waals surface area contributed by atoms with Crippen molar-refractivity contribution in [2.24, 2.45) is 0 Å². The molecule has 1 aliphatic rings. The summed E-state index contributed by atoms with van der Waals surface area (Å²) in [5, 5.41) is 3.53. The molecule has 0 heterocycles. The molecule has 0 radical (unpaired) electrons. The molecule has 4 nitrogen and oxygen atoms in total. The van der Waals surface area contributed by atoms with Crippen molar-refractivity contribution >= 4 is 11.8 Å². The topological polar surface area (TPSA) is 33.7 Å². The molecule has 1 aromatic carbocycles. The Morgan fingerprint density at radius 1 is 1.24 bits per heavy atom. The summed E-state index contributed by atoms with van der Waals surface area (Å²) in [5.74, 6) is 1.58. The minimum Gasteiger partial charge on any atom is -0.493 e. The maximum atomic E-state index is 5.39. The lowest BCUT2D eigenvalue weighted by Crippen LogP contribution is -2.30. The van der Waals surface area contributed by atoms with E-state index in [1.54, 1.807) is 26.0 Å². The van der Waals surface area contributed by atoms with Crippen LogP contribution in [0.1, 0.15) is 18.4 Å². The van der Waals surface area contributed by atoms with Crippen LogP contribution in [0.25, 0.3) is 0 Å². The van der Waals surface area contributed by atoms with Crippen molar-refractivity contribution in [2.45, 2.75) is 30.3 Å². The lowest BCUT2D eigenvalue weighted by Gasteiger charge is -2.17. The van der Waals surface area contributed by atoms with Gasteiger partial charge in [0.15, 0.2) is 11.5 Å². The Balaban J connectivity index is 1.91. The summed E-state index contributed by atoms with van der Waals surface area (Å²) in [5.41, 5.74) is 1.26. The van der Waals surface area contributed by atoms with E-state index >= 15 is 0 Å². The predicted molar refractivity (Wildman–Crippen MR) is 88.7 cm³/mol. The van der Waals surface area contributed by atoms with Gasteiger partial charge < -0.3 is 19.7 Å². The molecule has 0 amide bonds. The predicted octanol–water partition coefficient (Wildman–Crippen LogP) is 2.61. The summed E-state index contributed by atoms with van der Waals surface area (Å²) in [6.07, 6.45) is 4.82. The van der Waals surface area contributed by atoms with Gasteiger partial charge in [-0.1, -0.05) is 0 Å². The molecule has 1 aliphatic carbocycles. The van der Waals surface area contributed by atoms with Gasteiger partial charge in [-0.2, -0.15) is 0 Å². The zero-order valence-corrected chi connectivity index (χ0v) is 14.3. The van der Waals surface area contributed by atoms with Crippen molar-refractivity contribution < 1.29 is 9.47 Å². The van der Waals surface area contributed by atoms with Crippen LogP contribution in [0.2, 0.25) is 0 Å². The van der Waals surface area contributed by atoms with Crippen molar-refractivity contribution in [1.82, 2.24) is 10.2 Å². The normalized spacial score (nSPS) is 14.5. The van der Waals surface area contributed by atoms with Crippen LogP contribution >= 0.6 is 11.8 Å². The Kier molecular flexibility index (Phi) is 6.21. The van der Waals surface area contributed by atoms with E-state index in [1.807, 2.05) is 0 Å². The fraction of sp³-hybridized carbons (Fsp3) is 0.625. The molecule has 21 heavy (non-hydrogen) atoms. The van der Waals surface area contributed by atoms with Gasteiger partial charge in [0.25, 0.3) is 0 Å². The summed E-state index contributed by atoms with van der Waals surface area (Å²) in [7, 11) is 5.56. The Bertz CT molecular complexity index is 464. The first kappa shape index (κ1) is 16.5. The third-order valence-corrected chi connectivity index (χ3v) is 4.73. The average Bonchev–Trinajstić information content (AvgIpc) is 3.35. The highest BCUT2D eigenvalue weighted by Gasteiger charge is 2.25. The maximum Gasteiger partial charge on any atom is 0.161 e. The van der Waals surface area contributed by atoms with Crippen LogP contribution in [0.3, 0.4) is 0 Å². The van der Waals surface area contributed by atoms with Gasteiger partial charge in [0.1, 0.15) is 0 Å². The third kappa shape index (κ3) is 4.53. The first-order valence-electron chi connectivity index (χ1n) is 7.39. The van der Waals surface area contributed by atoms with E-state index in [9.17, 15) is 0 Å². The Morgan fingerprint density at radius 2 is 1.90 bits per heavy atom. The second-order valence-electron chi connectivity index (χ2n) is 5.41. The average molecular weight is 310 g/mol. The number of benzene rings is 1. The van der Waals surface area contributed by atoms with Gasteiger partial charge in [-0.25, -0.2) is 0 Å². The van der Waals surface area contributed by atoms with E-state index in [0.29, 0.717) is 0 Å². The van der Waals surface area contributed by atoms with Gasteiger partial charge in [-0.15, -0.1) is 11.8 Å². The lowest BCUT2D eigenvalue weighted by molar-refractivity contribution is 0.321. The molecule has 118 valence electrons. The van der Waals surface area contributed by atoms with Gasteiger partial charge in [-0.3, -0.25) is 0 Å². The Morgan fingerprint density at radius 3 is 2.48 bits per heavy atom. The van der Waals surface area contributed by atoms with E-state index in [1.165, 1.54) is 23.3 Å². The number of nitrogens with zero attached hydrogens (tertiary/aromatic N) is 1. The van der Waals surface area contributed by atoms with Crippen LogP contribution in [0.5, 0.6) is 11.5 Å². The molecular formula is C16H26N2O2S. The molecule has 1 N–H and O–H groups in total. The highest BCUT2D eigenvalue weighted by Crippen LogP contribution is 2.34. The Hall–Kier alpha value is -0.910. The van der Waals surface area contributed by atoms with Gasteiger partial charge in [0.2, 0.25) is 0 Å². The van der Waals surface area contributed by atoms with Gasteiger partial charge in [0, 0.05) is 30.6 Å². The fourth-order valence-corrected chi connectivity index (χ4v) is 3.03. The number of likely N-dealkylation sites (N-methyl/N-ethyl adjacent to an activating group) is 1. The quantitative estimate of drug-likeness (QED) is 0.560. The SMILES string of the molecule is COc1cc(CNCCN(C)C2CC2)c(SC)cc1OC. The zero-order chi connectivity index (χ0) is 15.2. The van der Waals surface area contributed by atoms with Crippen molar-refractivity contribution in [3.05, 3.63) is 17.7 Å². The number of hydrogen-bond acceptors (Lipinski definition) is 5.